The summed E-state index contributed by atoms with van der Waals surface area (Å²) in [6, 6.07) is 19.2. The molecule has 19 heavy (non-hydrogen) atoms. The van der Waals surface area contributed by atoms with Crippen LogP contribution < -0.4 is 10.1 Å². The molecule has 0 amide bonds. The van der Waals surface area contributed by atoms with E-state index < -0.39 is 0 Å². The number of methoxy groups -OCH3 is 1. The molecule has 1 atom stereocenters. The van der Waals surface area contributed by atoms with Gasteiger partial charge in [-0.2, -0.15) is 0 Å². The molecule has 0 heterocycles. The van der Waals surface area contributed by atoms with E-state index in [2.05, 4.69) is 48.6 Å². The fraction of sp³-hybridized carbons (Fsp3) is 0.294. The Morgan fingerprint density at radius 3 is 2.26 bits per heavy atom. The van der Waals surface area contributed by atoms with E-state index in [1.807, 2.05) is 18.2 Å². The zero-order valence-electron chi connectivity index (χ0n) is 11.6. The first-order valence-corrected chi connectivity index (χ1v) is 6.74. The van der Waals surface area contributed by atoms with Crippen LogP contribution >= 0.6 is 0 Å². The van der Waals surface area contributed by atoms with Crippen LogP contribution in [0.15, 0.2) is 54.6 Å². The zero-order valence-corrected chi connectivity index (χ0v) is 11.6. The molecule has 2 nitrogen and oxygen atoms in total. The van der Waals surface area contributed by atoms with E-state index in [0.717, 1.165) is 18.7 Å². The van der Waals surface area contributed by atoms with Gasteiger partial charge in [-0.25, -0.2) is 0 Å². The van der Waals surface area contributed by atoms with Crippen LogP contribution in [0.4, 0.5) is 0 Å². The molecule has 0 radical (unpaired) electrons. The van der Waals surface area contributed by atoms with Gasteiger partial charge >= 0.3 is 0 Å². The van der Waals surface area contributed by atoms with Crippen molar-refractivity contribution in [3.63, 3.8) is 0 Å². The van der Waals surface area contributed by atoms with Gasteiger partial charge in [-0.1, -0.05) is 49.4 Å². The van der Waals surface area contributed by atoms with Crippen molar-refractivity contribution in [1.82, 2.24) is 5.32 Å². The van der Waals surface area contributed by atoms with Crippen LogP contribution in [-0.2, 0) is 6.54 Å². The minimum atomic E-state index is 0.381. The van der Waals surface area contributed by atoms with Crippen LogP contribution in [0.25, 0.3) is 0 Å². The average Bonchev–Trinajstić information content (AvgIpc) is 2.49. The van der Waals surface area contributed by atoms with Crippen molar-refractivity contribution in [2.45, 2.75) is 25.9 Å². The van der Waals surface area contributed by atoms with Crippen LogP contribution in [0.2, 0.25) is 0 Å². The third-order valence-electron chi connectivity index (χ3n) is 3.32. The third-order valence-corrected chi connectivity index (χ3v) is 3.32. The van der Waals surface area contributed by atoms with Crippen molar-refractivity contribution in [2.24, 2.45) is 0 Å². The Kier molecular flexibility index (Phi) is 4.99. The van der Waals surface area contributed by atoms with Gasteiger partial charge in [0.25, 0.3) is 0 Å². The first-order valence-electron chi connectivity index (χ1n) is 6.74. The molecule has 2 aromatic rings. The van der Waals surface area contributed by atoms with E-state index in [0.29, 0.717) is 6.04 Å². The monoisotopic (exact) mass is 255 g/mol. The molecule has 0 aliphatic rings. The highest BCUT2D eigenvalue weighted by atomic mass is 16.5. The molecule has 2 heteroatoms. The highest BCUT2D eigenvalue weighted by Crippen LogP contribution is 2.20. The minimum Gasteiger partial charge on any atom is -0.497 e. The Morgan fingerprint density at radius 1 is 1.00 bits per heavy atom. The van der Waals surface area contributed by atoms with E-state index in [4.69, 9.17) is 4.74 Å². The fourth-order valence-electron chi connectivity index (χ4n) is 2.17. The predicted octanol–water partition coefficient (Wildman–Crippen LogP) is 3.94. The summed E-state index contributed by atoms with van der Waals surface area (Å²) in [6.07, 6.45) is 1.07. The summed E-state index contributed by atoms with van der Waals surface area (Å²) >= 11 is 0. The molecule has 0 saturated heterocycles. The number of rotatable bonds is 6. The van der Waals surface area contributed by atoms with Crippen molar-refractivity contribution >= 4 is 0 Å². The second-order valence-corrected chi connectivity index (χ2v) is 4.60. The van der Waals surface area contributed by atoms with Crippen LogP contribution in [0.5, 0.6) is 5.75 Å². The molecule has 0 aliphatic carbocycles. The largest absolute Gasteiger partial charge is 0.497 e. The fourth-order valence-corrected chi connectivity index (χ4v) is 2.17. The lowest BCUT2D eigenvalue weighted by atomic mass is 10.0. The molecule has 2 aromatic carbocycles. The molecule has 0 aromatic heterocycles. The number of hydrogen-bond acceptors (Lipinski definition) is 2. The normalized spacial score (nSPS) is 12.1. The van der Waals surface area contributed by atoms with Gasteiger partial charge in [-0.15, -0.1) is 0 Å². The third kappa shape index (κ3) is 3.83. The second-order valence-electron chi connectivity index (χ2n) is 4.60. The first-order chi connectivity index (χ1) is 9.33. The standard InChI is InChI=1S/C17H21NO/c1-3-17(15-9-11-16(19-2)12-10-15)18-13-14-7-5-4-6-8-14/h4-12,17-18H,3,13H2,1-2H3/t17-/m0/s1. The molecule has 0 spiro atoms. The van der Waals surface area contributed by atoms with E-state index in [9.17, 15) is 0 Å². The van der Waals surface area contributed by atoms with E-state index in [1.165, 1.54) is 11.1 Å². The molecule has 0 unspecified atom stereocenters. The highest BCUT2D eigenvalue weighted by molar-refractivity contribution is 5.29. The Morgan fingerprint density at radius 2 is 1.68 bits per heavy atom. The zero-order chi connectivity index (χ0) is 13.5. The average molecular weight is 255 g/mol. The quantitative estimate of drug-likeness (QED) is 0.844. The number of benzene rings is 2. The Bertz CT molecular complexity index is 478. The van der Waals surface area contributed by atoms with Gasteiger partial charge in [0, 0.05) is 12.6 Å². The Balaban J connectivity index is 1.99. The second kappa shape index (κ2) is 6.95. The lowest BCUT2D eigenvalue weighted by molar-refractivity contribution is 0.414. The Labute approximate surface area is 115 Å². The van der Waals surface area contributed by atoms with Crippen molar-refractivity contribution in [2.75, 3.05) is 7.11 Å². The molecular formula is C17H21NO. The van der Waals surface area contributed by atoms with Gasteiger partial charge in [0.15, 0.2) is 0 Å². The molecular weight excluding hydrogens is 234 g/mol. The van der Waals surface area contributed by atoms with Gasteiger partial charge in [0.05, 0.1) is 7.11 Å². The molecule has 0 bridgehead atoms. The summed E-state index contributed by atoms with van der Waals surface area (Å²) in [5, 5.41) is 3.60. The van der Waals surface area contributed by atoms with Gasteiger partial charge in [-0.3, -0.25) is 0 Å². The maximum Gasteiger partial charge on any atom is 0.118 e. The summed E-state index contributed by atoms with van der Waals surface area (Å²) in [4.78, 5) is 0. The molecule has 1 N–H and O–H groups in total. The number of ether oxygens (including phenoxy) is 1. The van der Waals surface area contributed by atoms with Crippen molar-refractivity contribution < 1.29 is 4.74 Å². The maximum absolute atomic E-state index is 5.19. The van der Waals surface area contributed by atoms with Gasteiger partial charge in [-0.05, 0) is 29.7 Å². The summed E-state index contributed by atoms with van der Waals surface area (Å²) in [6.45, 7) is 3.10. The highest BCUT2D eigenvalue weighted by Gasteiger charge is 2.08. The topological polar surface area (TPSA) is 21.3 Å². The summed E-state index contributed by atoms with van der Waals surface area (Å²) in [7, 11) is 1.69. The molecule has 100 valence electrons. The molecule has 2 rings (SSSR count). The first kappa shape index (κ1) is 13.6. The summed E-state index contributed by atoms with van der Waals surface area (Å²) in [5.74, 6) is 0.904. The maximum atomic E-state index is 5.19. The minimum absolute atomic E-state index is 0.381. The van der Waals surface area contributed by atoms with Crippen LogP contribution in [0, 0.1) is 0 Å². The van der Waals surface area contributed by atoms with Crippen LogP contribution in [0.1, 0.15) is 30.5 Å². The predicted molar refractivity (Wildman–Crippen MR) is 79.3 cm³/mol. The Hall–Kier alpha value is -1.80. The van der Waals surface area contributed by atoms with E-state index >= 15 is 0 Å². The van der Waals surface area contributed by atoms with Crippen molar-refractivity contribution in [1.29, 1.82) is 0 Å². The molecule has 0 saturated carbocycles. The van der Waals surface area contributed by atoms with E-state index in [1.54, 1.807) is 7.11 Å². The van der Waals surface area contributed by atoms with Gasteiger partial charge in [0.1, 0.15) is 5.75 Å². The lowest BCUT2D eigenvalue weighted by Gasteiger charge is -2.18. The molecule has 0 fully saturated rings. The van der Waals surface area contributed by atoms with Crippen LogP contribution in [0.3, 0.4) is 0 Å². The van der Waals surface area contributed by atoms with Gasteiger partial charge < -0.3 is 10.1 Å². The SMILES string of the molecule is CC[C@H](NCc1ccccc1)c1ccc(OC)cc1. The van der Waals surface area contributed by atoms with Crippen molar-refractivity contribution in [3.8, 4) is 5.75 Å². The number of hydrogen-bond donors (Lipinski definition) is 1. The molecule has 0 aliphatic heterocycles. The lowest BCUT2D eigenvalue weighted by Crippen LogP contribution is -2.20. The number of nitrogens with one attached hydrogen (secondary N) is 1. The smallest absolute Gasteiger partial charge is 0.118 e. The van der Waals surface area contributed by atoms with Crippen molar-refractivity contribution in [3.05, 3.63) is 65.7 Å². The van der Waals surface area contributed by atoms with Gasteiger partial charge in [0.2, 0.25) is 0 Å². The van der Waals surface area contributed by atoms with E-state index in [-0.39, 0.29) is 0 Å². The summed E-state index contributed by atoms with van der Waals surface area (Å²) in [5.41, 5.74) is 2.62. The van der Waals surface area contributed by atoms with Crippen LogP contribution in [-0.4, -0.2) is 7.11 Å². The summed E-state index contributed by atoms with van der Waals surface area (Å²) < 4.78 is 5.19.